The Morgan fingerprint density at radius 3 is 2.48 bits per heavy atom. The van der Waals surface area contributed by atoms with Crippen LogP contribution in [0, 0.1) is 0 Å². The van der Waals surface area contributed by atoms with E-state index in [1.165, 1.54) is 0 Å². The summed E-state index contributed by atoms with van der Waals surface area (Å²) in [6, 6.07) is 18.1. The zero-order valence-electron chi connectivity index (χ0n) is 14.7. The predicted molar refractivity (Wildman–Crippen MR) is 106 cm³/mol. The molecule has 1 heterocycles. The van der Waals surface area contributed by atoms with Crippen LogP contribution in [0.3, 0.4) is 0 Å². The number of carbonyl (C=O) groups excluding carboxylic acids is 1. The number of rotatable bonds is 6. The molecule has 0 unspecified atom stereocenters. The van der Waals surface area contributed by atoms with Crippen molar-refractivity contribution in [2.75, 3.05) is 0 Å². The van der Waals surface area contributed by atoms with Gasteiger partial charge in [0.25, 0.3) is 5.91 Å². The molecule has 0 atom stereocenters. The van der Waals surface area contributed by atoms with E-state index < -0.39 is 0 Å². The van der Waals surface area contributed by atoms with Crippen LogP contribution in [-0.4, -0.2) is 16.6 Å². The van der Waals surface area contributed by atoms with Gasteiger partial charge in [-0.2, -0.15) is 5.10 Å². The summed E-state index contributed by atoms with van der Waals surface area (Å²) in [6.07, 6.45) is 3.38. The van der Waals surface area contributed by atoms with Crippen LogP contribution < -0.4 is 10.2 Å². The van der Waals surface area contributed by atoms with Gasteiger partial charge in [0.1, 0.15) is 12.4 Å². The number of aromatic nitrogens is 1. The Morgan fingerprint density at radius 2 is 1.81 bits per heavy atom. The molecule has 0 saturated heterocycles. The Kier molecular flexibility index (Phi) is 6.18. The maximum atomic E-state index is 12.2. The van der Waals surface area contributed by atoms with Crippen molar-refractivity contribution >= 4 is 23.2 Å². The summed E-state index contributed by atoms with van der Waals surface area (Å²) in [5.41, 5.74) is 5.57. The van der Waals surface area contributed by atoms with Crippen molar-refractivity contribution in [3.63, 3.8) is 0 Å². The molecule has 3 aromatic rings. The lowest BCUT2D eigenvalue weighted by atomic mass is 10.1. The van der Waals surface area contributed by atoms with E-state index in [1.54, 1.807) is 36.7 Å². The number of hydrazone groups is 1. The molecule has 0 saturated carbocycles. The highest BCUT2D eigenvalue weighted by Gasteiger charge is 2.06. The van der Waals surface area contributed by atoms with Crippen LogP contribution in [-0.2, 0) is 6.61 Å². The van der Waals surface area contributed by atoms with Gasteiger partial charge in [-0.15, -0.1) is 0 Å². The van der Waals surface area contributed by atoms with Crippen molar-refractivity contribution in [2.24, 2.45) is 5.10 Å². The largest absolute Gasteiger partial charge is 0.489 e. The van der Waals surface area contributed by atoms with E-state index in [0.717, 1.165) is 16.9 Å². The van der Waals surface area contributed by atoms with E-state index >= 15 is 0 Å². The van der Waals surface area contributed by atoms with Gasteiger partial charge in [0.15, 0.2) is 0 Å². The Labute approximate surface area is 162 Å². The summed E-state index contributed by atoms with van der Waals surface area (Å²) in [7, 11) is 0. The second kappa shape index (κ2) is 8.96. The summed E-state index contributed by atoms with van der Waals surface area (Å²) >= 11 is 5.85. The Bertz CT molecular complexity index is 924. The Morgan fingerprint density at radius 1 is 1.07 bits per heavy atom. The van der Waals surface area contributed by atoms with Gasteiger partial charge in [-0.05, 0) is 55.0 Å². The zero-order valence-corrected chi connectivity index (χ0v) is 15.5. The Hall–Kier alpha value is -3.18. The lowest BCUT2D eigenvalue weighted by molar-refractivity contribution is 0.0955. The van der Waals surface area contributed by atoms with E-state index in [4.69, 9.17) is 16.3 Å². The SMILES string of the molecule is C/C(=N/NC(=O)c1ccc(COc2ccc(Cl)cc2)cc1)c1cccnc1. The second-order valence-corrected chi connectivity index (χ2v) is 6.26. The quantitative estimate of drug-likeness (QED) is 0.507. The van der Waals surface area contributed by atoms with Gasteiger partial charge in [0.05, 0.1) is 5.71 Å². The van der Waals surface area contributed by atoms with Gasteiger partial charge < -0.3 is 4.74 Å². The number of nitrogens with one attached hydrogen (secondary N) is 1. The van der Waals surface area contributed by atoms with Crippen molar-refractivity contribution in [2.45, 2.75) is 13.5 Å². The third-order valence-corrected chi connectivity index (χ3v) is 4.09. The van der Waals surface area contributed by atoms with Crippen LogP contribution in [0.2, 0.25) is 5.02 Å². The van der Waals surface area contributed by atoms with E-state index in [9.17, 15) is 4.79 Å². The van der Waals surface area contributed by atoms with E-state index in [2.05, 4.69) is 15.5 Å². The van der Waals surface area contributed by atoms with E-state index in [0.29, 0.717) is 22.9 Å². The molecular weight excluding hydrogens is 362 g/mol. The lowest BCUT2D eigenvalue weighted by Crippen LogP contribution is -2.19. The standard InChI is InChI=1S/C21H18ClN3O2/c1-15(18-3-2-12-23-13-18)24-25-21(26)17-6-4-16(5-7-17)14-27-20-10-8-19(22)9-11-20/h2-13H,14H2,1H3,(H,25,26)/b24-15-. The number of hydrogen-bond donors (Lipinski definition) is 1. The van der Waals surface area contributed by atoms with Crippen LogP contribution in [0.15, 0.2) is 78.2 Å². The second-order valence-electron chi connectivity index (χ2n) is 5.82. The molecule has 1 amide bonds. The highest BCUT2D eigenvalue weighted by molar-refractivity contribution is 6.30. The smallest absolute Gasteiger partial charge is 0.271 e. The molecule has 1 N–H and O–H groups in total. The highest BCUT2D eigenvalue weighted by atomic mass is 35.5. The molecule has 0 aliphatic heterocycles. The molecule has 0 aliphatic carbocycles. The first-order chi connectivity index (χ1) is 13.1. The van der Waals surface area contributed by atoms with Crippen molar-refractivity contribution < 1.29 is 9.53 Å². The van der Waals surface area contributed by atoms with E-state index in [-0.39, 0.29) is 5.91 Å². The normalized spacial score (nSPS) is 11.1. The maximum Gasteiger partial charge on any atom is 0.271 e. The minimum Gasteiger partial charge on any atom is -0.489 e. The minimum absolute atomic E-state index is 0.275. The molecule has 3 rings (SSSR count). The predicted octanol–water partition coefficient (Wildman–Crippen LogP) is 4.47. The molecule has 0 radical (unpaired) electrons. The molecule has 0 spiro atoms. The van der Waals surface area contributed by atoms with Crippen molar-refractivity contribution in [1.82, 2.24) is 10.4 Å². The average molecular weight is 380 g/mol. The molecule has 0 fully saturated rings. The highest BCUT2D eigenvalue weighted by Crippen LogP contribution is 2.17. The van der Waals surface area contributed by atoms with Crippen LogP contribution in [0.1, 0.15) is 28.4 Å². The molecule has 27 heavy (non-hydrogen) atoms. The van der Waals surface area contributed by atoms with Crippen LogP contribution >= 0.6 is 11.6 Å². The topological polar surface area (TPSA) is 63.6 Å². The molecule has 6 heteroatoms. The number of nitrogens with zero attached hydrogens (tertiary/aromatic N) is 2. The Balaban J connectivity index is 1.56. The molecule has 1 aromatic heterocycles. The lowest BCUT2D eigenvalue weighted by Gasteiger charge is -2.07. The van der Waals surface area contributed by atoms with Gasteiger partial charge in [0.2, 0.25) is 0 Å². The third kappa shape index (κ3) is 5.39. The van der Waals surface area contributed by atoms with Gasteiger partial charge in [0, 0.05) is 28.5 Å². The molecule has 0 aliphatic rings. The third-order valence-electron chi connectivity index (χ3n) is 3.84. The number of hydrogen-bond acceptors (Lipinski definition) is 4. The number of benzene rings is 2. The first kappa shape index (κ1) is 18.6. The zero-order chi connectivity index (χ0) is 19.1. The van der Waals surface area contributed by atoms with Gasteiger partial charge in [-0.1, -0.05) is 29.8 Å². The molecular formula is C21H18ClN3O2. The number of halogens is 1. The van der Waals surface area contributed by atoms with Crippen molar-refractivity contribution in [1.29, 1.82) is 0 Å². The van der Waals surface area contributed by atoms with Crippen LogP contribution in [0.5, 0.6) is 5.75 Å². The minimum atomic E-state index is -0.275. The number of amides is 1. The maximum absolute atomic E-state index is 12.2. The average Bonchev–Trinajstić information content (AvgIpc) is 2.72. The van der Waals surface area contributed by atoms with E-state index in [1.807, 2.05) is 43.3 Å². The number of carbonyl (C=O) groups is 1. The summed E-state index contributed by atoms with van der Waals surface area (Å²) in [4.78, 5) is 16.3. The van der Waals surface area contributed by atoms with Crippen molar-refractivity contribution in [3.8, 4) is 5.75 Å². The summed E-state index contributed by atoms with van der Waals surface area (Å²) in [5.74, 6) is 0.463. The van der Waals surface area contributed by atoms with Gasteiger partial charge in [-0.3, -0.25) is 9.78 Å². The monoisotopic (exact) mass is 379 g/mol. The van der Waals surface area contributed by atoms with Crippen LogP contribution in [0.4, 0.5) is 0 Å². The fourth-order valence-corrected chi connectivity index (χ4v) is 2.42. The molecule has 5 nitrogen and oxygen atoms in total. The molecule has 2 aromatic carbocycles. The first-order valence-corrected chi connectivity index (χ1v) is 8.72. The van der Waals surface area contributed by atoms with Crippen molar-refractivity contribution in [3.05, 3.63) is 94.8 Å². The molecule has 0 bridgehead atoms. The van der Waals surface area contributed by atoms with Gasteiger partial charge in [-0.25, -0.2) is 5.43 Å². The summed E-state index contributed by atoms with van der Waals surface area (Å²) in [6.45, 7) is 2.22. The fraction of sp³-hybridized carbons (Fsp3) is 0.0952. The summed E-state index contributed by atoms with van der Waals surface area (Å²) in [5, 5.41) is 4.78. The summed E-state index contributed by atoms with van der Waals surface area (Å²) < 4.78 is 5.69. The van der Waals surface area contributed by atoms with Crippen LogP contribution in [0.25, 0.3) is 0 Å². The number of ether oxygens (including phenoxy) is 1. The fourth-order valence-electron chi connectivity index (χ4n) is 2.29. The number of pyridine rings is 1. The molecule has 136 valence electrons. The first-order valence-electron chi connectivity index (χ1n) is 8.34. The van der Waals surface area contributed by atoms with Gasteiger partial charge >= 0.3 is 0 Å².